The molecule has 2 heteroatoms. The Bertz CT molecular complexity index is 137. The molecule has 0 heterocycles. The molecule has 2 nitrogen and oxygen atoms in total. The molecular formula is C12H28N2. The summed E-state index contributed by atoms with van der Waals surface area (Å²) in [6.07, 6.45) is 3.74. The molecule has 1 N–H and O–H groups in total. The van der Waals surface area contributed by atoms with E-state index < -0.39 is 0 Å². The number of hydrogen-bond donors (Lipinski definition) is 1. The van der Waals surface area contributed by atoms with Gasteiger partial charge in [-0.3, -0.25) is 4.90 Å². The van der Waals surface area contributed by atoms with Gasteiger partial charge in [-0.2, -0.15) is 0 Å². The fraction of sp³-hybridized carbons (Fsp3) is 1.00. The summed E-state index contributed by atoms with van der Waals surface area (Å²) in [5, 5.41) is 3.29. The van der Waals surface area contributed by atoms with Crippen molar-refractivity contribution in [2.45, 2.75) is 58.5 Å². The van der Waals surface area contributed by atoms with Crippen LogP contribution >= 0.6 is 0 Å². The molecule has 86 valence electrons. The second kappa shape index (κ2) is 6.41. The van der Waals surface area contributed by atoms with Gasteiger partial charge in [-0.25, -0.2) is 0 Å². The van der Waals surface area contributed by atoms with Crippen molar-refractivity contribution >= 4 is 0 Å². The van der Waals surface area contributed by atoms with Crippen molar-refractivity contribution < 1.29 is 0 Å². The molecule has 14 heavy (non-hydrogen) atoms. The molecule has 0 aliphatic carbocycles. The Kier molecular flexibility index (Phi) is 6.38. The first kappa shape index (κ1) is 13.9. The summed E-state index contributed by atoms with van der Waals surface area (Å²) >= 11 is 0. The van der Waals surface area contributed by atoms with Gasteiger partial charge in [0.15, 0.2) is 0 Å². The number of nitrogens with one attached hydrogen (secondary N) is 1. The highest BCUT2D eigenvalue weighted by Gasteiger charge is 2.26. The van der Waals surface area contributed by atoms with E-state index in [1.165, 1.54) is 19.3 Å². The molecule has 0 radical (unpaired) electrons. The molecule has 0 aliphatic rings. The third kappa shape index (κ3) is 3.97. The van der Waals surface area contributed by atoms with Gasteiger partial charge in [0, 0.05) is 18.1 Å². The van der Waals surface area contributed by atoms with Crippen LogP contribution in [0.4, 0.5) is 0 Å². The van der Waals surface area contributed by atoms with E-state index in [0.29, 0.717) is 11.6 Å². The van der Waals surface area contributed by atoms with Gasteiger partial charge in [-0.1, -0.05) is 20.3 Å². The van der Waals surface area contributed by atoms with Gasteiger partial charge in [-0.05, 0) is 40.8 Å². The van der Waals surface area contributed by atoms with Crippen LogP contribution in [0.25, 0.3) is 0 Å². The molecule has 0 aromatic heterocycles. The smallest absolute Gasteiger partial charge is 0.0222 e. The van der Waals surface area contributed by atoms with Crippen LogP contribution in [0.1, 0.15) is 47.0 Å². The first-order valence-electron chi connectivity index (χ1n) is 5.87. The Hall–Kier alpha value is -0.0800. The third-order valence-electron chi connectivity index (χ3n) is 3.43. The molecule has 0 bridgehead atoms. The van der Waals surface area contributed by atoms with Crippen LogP contribution in [0.3, 0.4) is 0 Å². The molecule has 0 rings (SSSR count). The van der Waals surface area contributed by atoms with Crippen molar-refractivity contribution in [2.75, 3.05) is 20.6 Å². The van der Waals surface area contributed by atoms with Crippen molar-refractivity contribution in [2.24, 2.45) is 0 Å². The van der Waals surface area contributed by atoms with Crippen LogP contribution in [-0.4, -0.2) is 37.1 Å². The quantitative estimate of drug-likeness (QED) is 0.679. The summed E-state index contributed by atoms with van der Waals surface area (Å²) in [7, 11) is 4.29. The minimum Gasteiger partial charge on any atom is -0.318 e. The second-order valence-electron chi connectivity index (χ2n) is 4.78. The van der Waals surface area contributed by atoms with Crippen LogP contribution in [0, 0.1) is 0 Å². The number of hydrogen-bond acceptors (Lipinski definition) is 2. The SMILES string of the molecule is CCCC(CNC)N(C)C(C)(C)CC. The molecule has 0 saturated heterocycles. The zero-order valence-corrected chi connectivity index (χ0v) is 10.9. The average molecular weight is 200 g/mol. The van der Waals surface area contributed by atoms with Crippen LogP contribution in [0.2, 0.25) is 0 Å². The van der Waals surface area contributed by atoms with E-state index in [-0.39, 0.29) is 0 Å². The zero-order valence-electron chi connectivity index (χ0n) is 10.9. The van der Waals surface area contributed by atoms with Crippen LogP contribution in [0.15, 0.2) is 0 Å². The van der Waals surface area contributed by atoms with Crippen LogP contribution < -0.4 is 5.32 Å². The lowest BCUT2D eigenvalue weighted by Crippen LogP contribution is -2.50. The molecule has 0 saturated carbocycles. The lowest BCUT2D eigenvalue weighted by Gasteiger charge is -2.41. The molecule has 0 fully saturated rings. The highest BCUT2D eigenvalue weighted by Crippen LogP contribution is 2.21. The molecule has 0 spiro atoms. The third-order valence-corrected chi connectivity index (χ3v) is 3.43. The number of rotatable bonds is 7. The minimum atomic E-state index is 0.316. The predicted molar refractivity (Wildman–Crippen MR) is 64.8 cm³/mol. The maximum atomic E-state index is 3.29. The summed E-state index contributed by atoms with van der Waals surface area (Å²) in [5.74, 6) is 0. The van der Waals surface area contributed by atoms with E-state index in [2.05, 4.69) is 45.0 Å². The summed E-state index contributed by atoms with van der Waals surface area (Å²) in [5.41, 5.74) is 0.316. The van der Waals surface area contributed by atoms with Gasteiger partial charge >= 0.3 is 0 Å². The predicted octanol–water partition coefficient (Wildman–Crippen LogP) is 2.49. The van der Waals surface area contributed by atoms with E-state index >= 15 is 0 Å². The fourth-order valence-electron chi connectivity index (χ4n) is 1.75. The topological polar surface area (TPSA) is 15.3 Å². The number of likely N-dealkylation sites (N-methyl/N-ethyl adjacent to an activating group) is 2. The van der Waals surface area contributed by atoms with E-state index in [4.69, 9.17) is 0 Å². The highest BCUT2D eigenvalue weighted by molar-refractivity contribution is 4.83. The van der Waals surface area contributed by atoms with Crippen molar-refractivity contribution in [3.05, 3.63) is 0 Å². The molecule has 0 aromatic carbocycles. The Morgan fingerprint density at radius 2 is 1.86 bits per heavy atom. The molecule has 0 amide bonds. The number of nitrogens with zero attached hydrogens (tertiary/aromatic N) is 1. The van der Waals surface area contributed by atoms with Crippen molar-refractivity contribution in [1.82, 2.24) is 10.2 Å². The van der Waals surface area contributed by atoms with Gasteiger partial charge in [0.25, 0.3) is 0 Å². The van der Waals surface area contributed by atoms with Crippen molar-refractivity contribution in [1.29, 1.82) is 0 Å². The van der Waals surface area contributed by atoms with Gasteiger partial charge in [0.2, 0.25) is 0 Å². The normalized spacial score (nSPS) is 14.8. The second-order valence-corrected chi connectivity index (χ2v) is 4.78. The lowest BCUT2D eigenvalue weighted by molar-refractivity contribution is 0.0914. The first-order valence-corrected chi connectivity index (χ1v) is 5.87. The molecule has 1 atom stereocenters. The summed E-state index contributed by atoms with van der Waals surface area (Å²) < 4.78 is 0. The largest absolute Gasteiger partial charge is 0.318 e. The Morgan fingerprint density at radius 3 is 2.21 bits per heavy atom. The molecule has 1 unspecified atom stereocenters. The average Bonchev–Trinajstić information content (AvgIpc) is 2.16. The van der Waals surface area contributed by atoms with E-state index in [1.54, 1.807) is 0 Å². The molecule has 0 aliphatic heterocycles. The van der Waals surface area contributed by atoms with Crippen molar-refractivity contribution in [3.63, 3.8) is 0 Å². The molecule has 0 aromatic rings. The van der Waals surface area contributed by atoms with Crippen LogP contribution in [-0.2, 0) is 0 Å². The maximum absolute atomic E-state index is 3.29. The van der Waals surface area contributed by atoms with E-state index in [9.17, 15) is 0 Å². The van der Waals surface area contributed by atoms with E-state index in [0.717, 1.165) is 6.54 Å². The zero-order chi connectivity index (χ0) is 11.2. The van der Waals surface area contributed by atoms with Gasteiger partial charge in [-0.15, -0.1) is 0 Å². The Balaban J connectivity index is 4.33. The minimum absolute atomic E-state index is 0.316. The van der Waals surface area contributed by atoms with Gasteiger partial charge in [0.05, 0.1) is 0 Å². The monoisotopic (exact) mass is 200 g/mol. The summed E-state index contributed by atoms with van der Waals surface area (Å²) in [6.45, 7) is 10.3. The maximum Gasteiger partial charge on any atom is 0.0222 e. The summed E-state index contributed by atoms with van der Waals surface area (Å²) in [4.78, 5) is 2.52. The molecular weight excluding hydrogens is 172 g/mol. The van der Waals surface area contributed by atoms with E-state index in [1.807, 2.05) is 7.05 Å². The fourth-order valence-corrected chi connectivity index (χ4v) is 1.75. The Labute approximate surface area is 90.1 Å². The van der Waals surface area contributed by atoms with Gasteiger partial charge < -0.3 is 5.32 Å². The van der Waals surface area contributed by atoms with Crippen LogP contribution in [0.5, 0.6) is 0 Å². The van der Waals surface area contributed by atoms with Crippen molar-refractivity contribution in [3.8, 4) is 0 Å². The van der Waals surface area contributed by atoms with Gasteiger partial charge in [0.1, 0.15) is 0 Å². The summed E-state index contributed by atoms with van der Waals surface area (Å²) in [6, 6.07) is 0.667. The Morgan fingerprint density at radius 1 is 1.29 bits per heavy atom. The lowest BCUT2D eigenvalue weighted by atomic mass is 9.96. The highest BCUT2D eigenvalue weighted by atomic mass is 15.2. The first-order chi connectivity index (χ1) is 6.49. The standard InChI is InChI=1S/C12H28N2/c1-7-9-11(10-13-5)14(6)12(3,4)8-2/h11,13H,7-10H2,1-6H3.